The van der Waals surface area contributed by atoms with Gasteiger partial charge in [0.2, 0.25) is 11.8 Å². The second-order valence-electron chi connectivity index (χ2n) is 14.7. The number of hydrogen-bond acceptors (Lipinski definition) is 7. The number of rotatable bonds is 20. The topological polar surface area (TPSA) is 156 Å². The third kappa shape index (κ3) is 13.0. The summed E-state index contributed by atoms with van der Waals surface area (Å²) in [5, 5.41) is 3.02. The van der Waals surface area contributed by atoms with Crippen LogP contribution >= 0.6 is 0 Å². The van der Waals surface area contributed by atoms with E-state index in [2.05, 4.69) is 5.32 Å². The highest BCUT2D eigenvalue weighted by molar-refractivity contribution is 5.96. The van der Waals surface area contributed by atoms with Crippen LogP contribution < -0.4 is 16.8 Å². The SMILES string of the molecule is CC(C)C[C@@H](NC(=O)[C@H](CC(=O)[C@H](N)Cc1ccccc1)Cc1ccccc1)C(=O)C[C@H](CCCCN)C(=O)N1CCN(C(=O)c2ccccc2)CC1. The second-order valence-corrected chi connectivity index (χ2v) is 14.7. The van der Waals surface area contributed by atoms with Crippen LogP contribution in [0.25, 0.3) is 0 Å². The molecule has 5 N–H and O–H groups in total. The lowest BCUT2D eigenvalue weighted by Gasteiger charge is -2.36. The number of ketones is 2. The molecule has 0 spiro atoms. The maximum absolute atomic E-state index is 14.1. The number of Topliss-reactive ketones (excluding diaryl/α,β-unsaturated/α-hetero) is 2. The molecule has 0 radical (unpaired) electrons. The Kier molecular flexibility index (Phi) is 16.4. The molecule has 0 bridgehead atoms. The predicted octanol–water partition coefficient (Wildman–Crippen LogP) is 4.59. The maximum Gasteiger partial charge on any atom is 0.253 e. The van der Waals surface area contributed by atoms with E-state index in [1.807, 2.05) is 92.7 Å². The summed E-state index contributed by atoms with van der Waals surface area (Å²) in [4.78, 5) is 72.1. The van der Waals surface area contributed by atoms with Crippen molar-refractivity contribution >= 4 is 29.3 Å². The highest BCUT2D eigenvalue weighted by atomic mass is 16.2. The van der Waals surface area contributed by atoms with Gasteiger partial charge in [-0.15, -0.1) is 0 Å². The number of unbranched alkanes of at least 4 members (excludes halogenated alkanes) is 1. The number of hydrogen-bond donors (Lipinski definition) is 3. The first-order chi connectivity index (χ1) is 25.5. The van der Waals surface area contributed by atoms with Crippen molar-refractivity contribution in [1.82, 2.24) is 15.1 Å². The minimum Gasteiger partial charge on any atom is -0.346 e. The molecule has 4 atom stereocenters. The molecular formula is C43H57N5O5. The van der Waals surface area contributed by atoms with Gasteiger partial charge in [0.25, 0.3) is 5.91 Å². The molecule has 3 aromatic carbocycles. The Bertz CT molecular complexity index is 1610. The van der Waals surface area contributed by atoms with Crippen molar-refractivity contribution < 1.29 is 24.0 Å². The van der Waals surface area contributed by atoms with Gasteiger partial charge in [-0.2, -0.15) is 0 Å². The number of nitrogens with one attached hydrogen (secondary N) is 1. The van der Waals surface area contributed by atoms with Crippen LogP contribution in [0.2, 0.25) is 0 Å². The van der Waals surface area contributed by atoms with E-state index in [4.69, 9.17) is 11.5 Å². The molecule has 0 unspecified atom stereocenters. The first kappa shape index (κ1) is 41.1. The van der Waals surface area contributed by atoms with Gasteiger partial charge in [-0.3, -0.25) is 24.0 Å². The van der Waals surface area contributed by atoms with Gasteiger partial charge in [-0.1, -0.05) is 99.1 Å². The largest absolute Gasteiger partial charge is 0.346 e. The Labute approximate surface area is 314 Å². The Hall–Kier alpha value is -4.67. The fourth-order valence-electron chi connectivity index (χ4n) is 6.95. The first-order valence-corrected chi connectivity index (χ1v) is 19.1. The molecule has 10 heteroatoms. The van der Waals surface area contributed by atoms with E-state index in [-0.39, 0.29) is 48.0 Å². The molecule has 0 saturated carbocycles. The van der Waals surface area contributed by atoms with Gasteiger partial charge in [-0.05, 0) is 67.8 Å². The monoisotopic (exact) mass is 723 g/mol. The van der Waals surface area contributed by atoms with Crippen LogP contribution in [0.15, 0.2) is 91.0 Å². The zero-order chi connectivity index (χ0) is 38.2. The average Bonchev–Trinajstić information content (AvgIpc) is 3.17. The smallest absolute Gasteiger partial charge is 0.253 e. The number of nitrogens with zero attached hydrogens (tertiary/aromatic N) is 2. The normalized spacial score (nSPS) is 15.3. The van der Waals surface area contributed by atoms with Gasteiger partial charge < -0.3 is 26.6 Å². The van der Waals surface area contributed by atoms with Crippen LogP contribution in [0.5, 0.6) is 0 Å². The van der Waals surface area contributed by atoms with Crippen molar-refractivity contribution in [1.29, 1.82) is 0 Å². The zero-order valence-corrected chi connectivity index (χ0v) is 31.3. The van der Waals surface area contributed by atoms with Crippen LogP contribution in [0, 0.1) is 17.8 Å². The van der Waals surface area contributed by atoms with E-state index >= 15 is 0 Å². The number of nitrogens with two attached hydrogens (primary N) is 2. The van der Waals surface area contributed by atoms with Gasteiger partial charge >= 0.3 is 0 Å². The van der Waals surface area contributed by atoms with Crippen LogP contribution in [0.4, 0.5) is 0 Å². The van der Waals surface area contributed by atoms with Gasteiger partial charge in [0.05, 0.1) is 12.1 Å². The van der Waals surface area contributed by atoms with Crippen molar-refractivity contribution in [3.8, 4) is 0 Å². The molecule has 1 saturated heterocycles. The summed E-state index contributed by atoms with van der Waals surface area (Å²) >= 11 is 0. The van der Waals surface area contributed by atoms with E-state index in [9.17, 15) is 24.0 Å². The van der Waals surface area contributed by atoms with E-state index in [1.54, 1.807) is 21.9 Å². The van der Waals surface area contributed by atoms with Crippen molar-refractivity contribution in [2.75, 3.05) is 32.7 Å². The van der Waals surface area contributed by atoms with Gasteiger partial charge in [-0.25, -0.2) is 0 Å². The first-order valence-electron chi connectivity index (χ1n) is 19.1. The third-order valence-corrected chi connectivity index (χ3v) is 9.97. The van der Waals surface area contributed by atoms with Crippen LogP contribution in [-0.2, 0) is 32.0 Å². The maximum atomic E-state index is 14.1. The lowest BCUT2D eigenvalue weighted by molar-refractivity contribution is -0.140. The second kappa shape index (κ2) is 21.1. The average molecular weight is 724 g/mol. The van der Waals surface area contributed by atoms with Crippen molar-refractivity contribution in [3.63, 3.8) is 0 Å². The Morgan fingerprint density at radius 2 is 1.21 bits per heavy atom. The molecule has 1 aliphatic rings. The fraction of sp³-hybridized carbons (Fsp3) is 0.465. The number of carbonyl (C=O) groups excluding carboxylic acids is 5. The standard InChI is InChI=1S/C43H57N5O5/c1-31(2)26-38(46-41(51)36(27-32-14-6-3-7-15-32)30-39(49)37(45)28-33-16-8-4-9-17-33)40(50)29-35(20-12-13-21-44)43(53)48-24-22-47(23-25-48)42(52)34-18-10-5-11-19-34/h3-11,14-19,31,35-38H,12-13,20-30,44-45H2,1-2H3,(H,46,51)/t35-,36-,37+,38+/m0/s1. The quantitative estimate of drug-likeness (QED) is 0.144. The predicted molar refractivity (Wildman–Crippen MR) is 208 cm³/mol. The molecule has 1 fully saturated rings. The molecule has 0 aromatic heterocycles. The summed E-state index contributed by atoms with van der Waals surface area (Å²) < 4.78 is 0. The minimum atomic E-state index is -0.820. The van der Waals surface area contributed by atoms with E-state index in [0.29, 0.717) is 70.4 Å². The third-order valence-electron chi connectivity index (χ3n) is 9.97. The number of piperazine rings is 1. The Morgan fingerprint density at radius 1 is 0.679 bits per heavy atom. The summed E-state index contributed by atoms with van der Waals surface area (Å²) in [6.07, 6.45) is 2.92. The molecule has 53 heavy (non-hydrogen) atoms. The fourth-order valence-corrected chi connectivity index (χ4v) is 6.95. The van der Waals surface area contributed by atoms with Crippen LogP contribution in [0.3, 0.4) is 0 Å². The Balaban J connectivity index is 1.45. The summed E-state index contributed by atoms with van der Waals surface area (Å²) in [7, 11) is 0. The summed E-state index contributed by atoms with van der Waals surface area (Å²) in [6, 6.07) is 26.6. The highest BCUT2D eigenvalue weighted by Gasteiger charge is 2.34. The van der Waals surface area contributed by atoms with E-state index < -0.39 is 23.9 Å². The molecule has 3 aromatic rings. The lowest BCUT2D eigenvalue weighted by Crippen LogP contribution is -2.52. The zero-order valence-electron chi connectivity index (χ0n) is 31.3. The van der Waals surface area contributed by atoms with Crippen LogP contribution in [-0.4, -0.2) is 83.9 Å². The molecular weight excluding hydrogens is 667 g/mol. The highest BCUT2D eigenvalue weighted by Crippen LogP contribution is 2.22. The molecule has 4 rings (SSSR count). The molecule has 0 aliphatic carbocycles. The Morgan fingerprint density at radius 3 is 1.77 bits per heavy atom. The van der Waals surface area contributed by atoms with Crippen molar-refractivity contribution in [2.24, 2.45) is 29.2 Å². The molecule has 10 nitrogen and oxygen atoms in total. The van der Waals surface area contributed by atoms with Gasteiger partial charge in [0.15, 0.2) is 11.6 Å². The van der Waals surface area contributed by atoms with Crippen LogP contribution in [0.1, 0.15) is 73.9 Å². The molecule has 1 heterocycles. The summed E-state index contributed by atoms with van der Waals surface area (Å²) in [5.41, 5.74) is 14.6. The number of benzene rings is 3. The number of carbonyl (C=O) groups is 5. The lowest BCUT2D eigenvalue weighted by atomic mass is 9.87. The molecule has 284 valence electrons. The van der Waals surface area contributed by atoms with Gasteiger partial charge in [0.1, 0.15) is 0 Å². The van der Waals surface area contributed by atoms with E-state index in [1.165, 1.54) is 0 Å². The van der Waals surface area contributed by atoms with E-state index in [0.717, 1.165) is 17.5 Å². The molecule has 1 aliphatic heterocycles. The summed E-state index contributed by atoms with van der Waals surface area (Å²) in [5.74, 6) is -2.20. The summed E-state index contributed by atoms with van der Waals surface area (Å²) in [6.45, 7) is 6.04. The number of amides is 3. The van der Waals surface area contributed by atoms with Crippen molar-refractivity contribution in [2.45, 2.75) is 77.3 Å². The minimum absolute atomic E-state index is 0.0194. The molecule has 3 amide bonds. The van der Waals surface area contributed by atoms with Crippen molar-refractivity contribution in [3.05, 3.63) is 108 Å². The van der Waals surface area contributed by atoms with Gasteiger partial charge in [0, 0.05) is 56.4 Å².